The average molecular weight is 397 g/mol. The standard InChI is InChI=1S/C22H29FO5/c1-12-8-16-15-5-4-13-9-14(25)6-7-19(13,2)21(15,23)17(26)10-20(16,3)22(12,28)18(27)11-24/h6-7,9,12,15-17,24,26,28H,4-5,8,10-11H2,1-3H3/t12-,15-,16-,17-,19-,20-,21-,22-/m0/s1/i4D,9D,10D2,17D/t4?,12-,15-,16-,17-,19-,20-,21-,22-. The molecule has 0 aliphatic heterocycles. The molecule has 4 aliphatic rings. The van der Waals surface area contributed by atoms with E-state index in [2.05, 4.69) is 0 Å². The predicted molar refractivity (Wildman–Crippen MR) is 99.9 cm³/mol. The number of hydrogen-bond donors (Lipinski definition) is 3. The lowest BCUT2D eigenvalue weighted by Crippen LogP contribution is -2.69. The molecule has 0 aromatic heterocycles. The Morgan fingerprint density at radius 1 is 1.46 bits per heavy atom. The average Bonchev–Trinajstić information content (AvgIpc) is 2.95. The Bertz CT molecular complexity index is 1010. The number of allylic oxidation sites excluding steroid dienone is 4. The van der Waals surface area contributed by atoms with Gasteiger partial charge in [0.2, 0.25) is 0 Å². The molecule has 154 valence electrons. The van der Waals surface area contributed by atoms with Crippen LogP contribution in [0.1, 0.15) is 53.2 Å². The molecule has 4 rings (SSSR count). The third-order valence-electron chi connectivity index (χ3n) is 7.86. The molecule has 0 saturated heterocycles. The van der Waals surface area contributed by atoms with Crippen LogP contribution in [0.25, 0.3) is 0 Å². The largest absolute Gasteiger partial charge is 0.390 e. The van der Waals surface area contributed by atoms with Crippen molar-refractivity contribution in [2.75, 3.05) is 6.61 Å². The first-order valence-electron chi connectivity index (χ1n) is 12.2. The van der Waals surface area contributed by atoms with E-state index in [9.17, 15) is 24.9 Å². The van der Waals surface area contributed by atoms with E-state index in [0.29, 0.717) is 0 Å². The number of halogens is 1. The maximum absolute atomic E-state index is 17.5. The van der Waals surface area contributed by atoms with Gasteiger partial charge in [-0.05, 0) is 56.5 Å². The van der Waals surface area contributed by atoms with Gasteiger partial charge in [-0.2, -0.15) is 0 Å². The Hall–Kier alpha value is -1.37. The van der Waals surface area contributed by atoms with Crippen molar-refractivity contribution in [3.8, 4) is 0 Å². The first-order valence-corrected chi connectivity index (χ1v) is 9.57. The molecule has 0 aromatic carbocycles. The molecular formula is C22H29FO5. The van der Waals surface area contributed by atoms with Crippen molar-refractivity contribution in [1.82, 2.24) is 0 Å². The van der Waals surface area contributed by atoms with Crippen molar-refractivity contribution in [1.29, 1.82) is 0 Å². The van der Waals surface area contributed by atoms with Gasteiger partial charge in [0, 0.05) is 20.9 Å². The number of hydrogen-bond acceptors (Lipinski definition) is 5. The summed E-state index contributed by atoms with van der Waals surface area (Å²) in [6.07, 6.45) is -6.31. The van der Waals surface area contributed by atoms with Gasteiger partial charge in [-0.3, -0.25) is 9.59 Å². The normalized spacial score (nSPS) is 62.5. The van der Waals surface area contributed by atoms with Crippen LogP contribution in [0.2, 0.25) is 0 Å². The first kappa shape index (κ1) is 14.6. The molecule has 0 radical (unpaired) electrons. The Morgan fingerprint density at radius 3 is 2.79 bits per heavy atom. The smallest absolute Gasteiger partial charge is 0.190 e. The second-order valence-corrected chi connectivity index (χ2v) is 8.96. The molecule has 3 N–H and O–H groups in total. The monoisotopic (exact) mass is 397 g/mol. The SMILES string of the molecule is [2H]C1=C2C([2H])C[C@H]3[C@@H]4C[C@H](C)[C@](O)(C(=O)CO)[C@@]4(C)C([2H])([2H])[C@]([2H])(O)[C@]3(F)[C@@]2(C)C=CC1=O. The van der Waals surface area contributed by atoms with E-state index >= 15 is 4.39 Å². The zero-order valence-corrected chi connectivity index (χ0v) is 16.1. The van der Waals surface area contributed by atoms with Crippen molar-refractivity contribution in [3.05, 3.63) is 23.8 Å². The molecule has 28 heavy (non-hydrogen) atoms. The molecule has 3 saturated carbocycles. The lowest BCUT2D eigenvalue weighted by Gasteiger charge is -2.62. The van der Waals surface area contributed by atoms with Crippen LogP contribution < -0.4 is 0 Å². The third-order valence-corrected chi connectivity index (χ3v) is 7.86. The third kappa shape index (κ3) is 2.01. The fraction of sp³-hybridized carbons (Fsp3) is 0.727. The lowest BCUT2D eigenvalue weighted by atomic mass is 9.44. The van der Waals surface area contributed by atoms with Crippen LogP contribution in [0.5, 0.6) is 0 Å². The van der Waals surface area contributed by atoms with Crippen molar-refractivity contribution in [2.24, 2.45) is 28.6 Å². The zero-order valence-electron chi connectivity index (χ0n) is 21.1. The summed E-state index contributed by atoms with van der Waals surface area (Å²) in [6, 6.07) is -0.605. The molecule has 0 bridgehead atoms. The molecule has 4 aliphatic carbocycles. The van der Waals surface area contributed by atoms with Crippen molar-refractivity contribution < 1.29 is 36.2 Å². The fourth-order valence-electron chi connectivity index (χ4n) is 6.23. The molecule has 6 heteroatoms. The summed E-state index contributed by atoms with van der Waals surface area (Å²) in [5, 5.41) is 32.5. The molecular weight excluding hydrogens is 363 g/mol. The molecule has 0 aromatic rings. The number of aliphatic hydroxyl groups excluding tert-OH is 1. The molecule has 0 heterocycles. The van der Waals surface area contributed by atoms with Crippen molar-refractivity contribution in [2.45, 2.75) is 63.7 Å². The second-order valence-electron chi connectivity index (χ2n) is 8.96. The van der Waals surface area contributed by atoms with Gasteiger partial charge in [0.15, 0.2) is 17.2 Å². The number of carbonyl (C=O) groups excluding carboxylic acids is 2. The van der Waals surface area contributed by atoms with Crippen LogP contribution in [0, 0.1) is 28.6 Å². The van der Waals surface area contributed by atoms with Gasteiger partial charge in [-0.25, -0.2) is 4.39 Å². The number of carbonyl (C=O) groups is 2. The molecule has 9 atom stereocenters. The fourth-order valence-corrected chi connectivity index (χ4v) is 6.23. The van der Waals surface area contributed by atoms with Crippen LogP contribution in [-0.2, 0) is 9.59 Å². The van der Waals surface area contributed by atoms with Crippen LogP contribution >= 0.6 is 0 Å². The zero-order chi connectivity index (χ0) is 25.2. The highest BCUT2D eigenvalue weighted by molar-refractivity contribution is 6.01. The Morgan fingerprint density at radius 2 is 2.14 bits per heavy atom. The molecule has 0 spiro atoms. The summed E-state index contributed by atoms with van der Waals surface area (Å²) >= 11 is 0. The summed E-state index contributed by atoms with van der Waals surface area (Å²) in [6.45, 7) is 2.84. The van der Waals surface area contributed by atoms with E-state index in [1.165, 1.54) is 20.8 Å². The summed E-state index contributed by atoms with van der Waals surface area (Å²) in [4.78, 5) is 24.9. The van der Waals surface area contributed by atoms with Crippen molar-refractivity contribution in [3.63, 3.8) is 0 Å². The van der Waals surface area contributed by atoms with E-state index in [-0.39, 0.29) is 18.4 Å². The molecule has 0 amide bonds. The van der Waals surface area contributed by atoms with Gasteiger partial charge in [0.1, 0.15) is 12.2 Å². The second kappa shape index (κ2) is 5.83. The van der Waals surface area contributed by atoms with Gasteiger partial charge in [0.25, 0.3) is 0 Å². The van der Waals surface area contributed by atoms with Gasteiger partial charge in [-0.1, -0.05) is 25.5 Å². The Kier molecular flexibility index (Phi) is 3.04. The van der Waals surface area contributed by atoms with Crippen LogP contribution in [0.15, 0.2) is 23.8 Å². The van der Waals surface area contributed by atoms with E-state index in [1.807, 2.05) is 0 Å². The Labute approximate surface area is 171 Å². The van der Waals surface area contributed by atoms with E-state index in [0.717, 1.165) is 12.2 Å². The number of alkyl halides is 1. The molecule has 3 fully saturated rings. The Balaban J connectivity index is 2.06. The highest BCUT2D eigenvalue weighted by Gasteiger charge is 2.75. The van der Waals surface area contributed by atoms with Gasteiger partial charge in [0.05, 0.1) is 8.82 Å². The maximum atomic E-state index is 17.5. The van der Waals surface area contributed by atoms with E-state index < -0.39 is 82.9 Å². The van der Waals surface area contributed by atoms with Crippen LogP contribution in [0.4, 0.5) is 4.39 Å². The summed E-state index contributed by atoms with van der Waals surface area (Å²) in [5.74, 6) is -5.17. The first-order chi connectivity index (χ1) is 14.9. The lowest BCUT2D eigenvalue weighted by molar-refractivity contribution is -0.219. The predicted octanol–water partition coefficient (Wildman–Crippen LogP) is 1.90. The van der Waals surface area contributed by atoms with Crippen molar-refractivity contribution >= 4 is 11.6 Å². The maximum Gasteiger partial charge on any atom is 0.190 e. The minimum Gasteiger partial charge on any atom is -0.390 e. The highest BCUT2D eigenvalue weighted by atomic mass is 19.1. The number of aliphatic hydroxyl groups is 3. The minimum absolute atomic E-state index is 0.0388. The highest BCUT2D eigenvalue weighted by Crippen LogP contribution is 2.70. The summed E-state index contributed by atoms with van der Waals surface area (Å²) < 4.78 is 60.8. The van der Waals surface area contributed by atoms with Gasteiger partial charge >= 0.3 is 0 Å². The van der Waals surface area contributed by atoms with Crippen LogP contribution in [0.3, 0.4) is 0 Å². The topological polar surface area (TPSA) is 94.8 Å². The number of ketones is 2. The van der Waals surface area contributed by atoms with E-state index in [1.54, 1.807) is 0 Å². The van der Waals surface area contributed by atoms with Gasteiger partial charge in [-0.15, -0.1) is 0 Å². The number of fused-ring (bicyclic) bond motifs is 5. The summed E-state index contributed by atoms with van der Waals surface area (Å²) in [7, 11) is 0. The van der Waals surface area contributed by atoms with Gasteiger partial charge < -0.3 is 15.3 Å². The van der Waals surface area contributed by atoms with Crippen LogP contribution in [-0.4, -0.2) is 50.8 Å². The minimum atomic E-state index is -3.55. The quantitative estimate of drug-likeness (QED) is 0.662. The molecule has 1 unspecified atom stereocenters. The summed E-state index contributed by atoms with van der Waals surface area (Å²) in [5.41, 5.74) is -9.96. The number of rotatable bonds is 2. The van der Waals surface area contributed by atoms with E-state index in [4.69, 9.17) is 6.85 Å². The molecule has 5 nitrogen and oxygen atoms in total. The number of Topliss-reactive ketones (excluding diaryl/α,β-unsaturated/α-hetero) is 1.